The van der Waals surface area contributed by atoms with E-state index in [1.807, 2.05) is 0 Å². The predicted molar refractivity (Wildman–Crippen MR) is 104 cm³/mol. The van der Waals surface area contributed by atoms with Gasteiger partial charge in [-0.15, -0.1) is 0 Å². The van der Waals surface area contributed by atoms with Crippen LogP contribution in [0, 0.1) is 16.7 Å². The SMILES string of the molecule is CC(C)CN1CCC(C)(C)CC1.CCCN1CCCC(C)(C)C1. The van der Waals surface area contributed by atoms with E-state index in [0.717, 1.165) is 5.92 Å². The van der Waals surface area contributed by atoms with Gasteiger partial charge in [-0.1, -0.05) is 48.5 Å². The summed E-state index contributed by atoms with van der Waals surface area (Å²) >= 11 is 0. The first-order chi connectivity index (χ1) is 10.6. The second-order valence-corrected chi connectivity index (χ2v) is 9.90. The van der Waals surface area contributed by atoms with E-state index < -0.39 is 0 Å². The van der Waals surface area contributed by atoms with Gasteiger partial charge in [-0.3, -0.25) is 0 Å². The molecule has 2 aliphatic heterocycles. The van der Waals surface area contributed by atoms with Crippen molar-refractivity contribution in [2.45, 2.75) is 80.6 Å². The molecule has 0 saturated carbocycles. The normalized spacial score (nSPS) is 25.0. The van der Waals surface area contributed by atoms with Crippen LogP contribution in [0.2, 0.25) is 0 Å². The zero-order chi connectivity index (χ0) is 17.5. The van der Waals surface area contributed by atoms with Crippen LogP contribution in [0.4, 0.5) is 0 Å². The molecule has 0 radical (unpaired) electrons. The Morgan fingerprint density at radius 1 is 0.826 bits per heavy atom. The summed E-state index contributed by atoms with van der Waals surface area (Å²) in [7, 11) is 0. The fourth-order valence-corrected chi connectivity index (χ4v) is 3.91. The highest BCUT2D eigenvalue weighted by Crippen LogP contribution is 2.30. The monoisotopic (exact) mass is 324 g/mol. The van der Waals surface area contributed by atoms with E-state index in [0.29, 0.717) is 10.8 Å². The summed E-state index contributed by atoms with van der Waals surface area (Å²) in [6, 6.07) is 0. The quantitative estimate of drug-likeness (QED) is 0.694. The van der Waals surface area contributed by atoms with Gasteiger partial charge in [0.05, 0.1) is 0 Å². The smallest absolute Gasteiger partial charge is 0.00327 e. The number of likely N-dealkylation sites (tertiary alicyclic amines) is 2. The molecular weight excluding hydrogens is 280 g/mol. The maximum atomic E-state index is 2.61. The van der Waals surface area contributed by atoms with Crippen LogP contribution in [0.5, 0.6) is 0 Å². The Hall–Kier alpha value is -0.0800. The lowest BCUT2D eigenvalue weighted by molar-refractivity contribution is 0.118. The summed E-state index contributed by atoms with van der Waals surface area (Å²) in [6.07, 6.45) is 6.86. The predicted octanol–water partition coefficient (Wildman–Crippen LogP) is 5.28. The molecule has 0 amide bonds. The van der Waals surface area contributed by atoms with Gasteiger partial charge in [0, 0.05) is 13.1 Å². The van der Waals surface area contributed by atoms with Crippen molar-refractivity contribution < 1.29 is 0 Å². The van der Waals surface area contributed by atoms with Gasteiger partial charge in [0.15, 0.2) is 0 Å². The minimum absolute atomic E-state index is 0.577. The zero-order valence-electron chi connectivity index (χ0n) is 17.2. The number of hydrogen-bond donors (Lipinski definition) is 0. The lowest BCUT2D eigenvalue weighted by Gasteiger charge is -2.37. The van der Waals surface area contributed by atoms with Crippen molar-refractivity contribution in [1.82, 2.24) is 9.80 Å². The van der Waals surface area contributed by atoms with Crippen LogP contribution in [0.1, 0.15) is 80.6 Å². The van der Waals surface area contributed by atoms with Crippen molar-refractivity contribution >= 4 is 0 Å². The average Bonchev–Trinajstić information content (AvgIpc) is 2.41. The second kappa shape index (κ2) is 9.42. The molecule has 0 spiro atoms. The Kier molecular flexibility index (Phi) is 8.58. The number of hydrogen-bond acceptors (Lipinski definition) is 2. The van der Waals surface area contributed by atoms with Gasteiger partial charge < -0.3 is 9.80 Å². The van der Waals surface area contributed by atoms with Crippen molar-refractivity contribution in [3.63, 3.8) is 0 Å². The van der Waals surface area contributed by atoms with E-state index in [2.05, 4.69) is 58.3 Å². The molecule has 0 unspecified atom stereocenters. The Balaban J connectivity index is 0.000000231. The molecule has 0 N–H and O–H groups in total. The molecule has 0 aromatic carbocycles. The van der Waals surface area contributed by atoms with E-state index in [-0.39, 0.29) is 0 Å². The molecule has 23 heavy (non-hydrogen) atoms. The molecule has 0 aromatic rings. The van der Waals surface area contributed by atoms with Crippen molar-refractivity contribution in [2.75, 3.05) is 39.3 Å². The Morgan fingerprint density at radius 2 is 1.43 bits per heavy atom. The van der Waals surface area contributed by atoms with Crippen molar-refractivity contribution in [2.24, 2.45) is 16.7 Å². The van der Waals surface area contributed by atoms with E-state index in [4.69, 9.17) is 0 Å². The van der Waals surface area contributed by atoms with Crippen LogP contribution in [-0.4, -0.2) is 49.1 Å². The second-order valence-electron chi connectivity index (χ2n) is 9.90. The molecule has 0 bridgehead atoms. The highest BCUT2D eigenvalue weighted by molar-refractivity contribution is 4.79. The third-order valence-electron chi connectivity index (χ3n) is 5.35. The van der Waals surface area contributed by atoms with Crippen LogP contribution in [0.3, 0.4) is 0 Å². The summed E-state index contributed by atoms with van der Waals surface area (Å²) in [5.74, 6) is 0.825. The standard InChI is InChI=1S/C11H23N.C10H21N/c1-10(2)9-12-7-5-11(3,4)6-8-12;1-4-7-11-8-5-6-10(2,3)9-11/h10H,5-9H2,1-4H3;4-9H2,1-3H3. The van der Waals surface area contributed by atoms with Gasteiger partial charge in [0.25, 0.3) is 0 Å². The van der Waals surface area contributed by atoms with Crippen LogP contribution < -0.4 is 0 Å². The fourth-order valence-electron chi connectivity index (χ4n) is 3.91. The number of piperidine rings is 2. The Morgan fingerprint density at radius 3 is 1.91 bits per heavy atom. The van der Waals surface area contributed by atoms with Gasteiger partial charge in [-0.25, -0.2) is 0 Å². The lowest BCUT2D eigenvalue weighted by atomic mass is 9.82. The molecule has 2 heterocycles. The first-order valence-corrected chi connectivity index (χ1v) is 10.1. The Bertz CT molecular complexity index is 308. The first-order valence-electron chi connectivity index (χ1n) is 10.1. The van der Waals surface area contributed by atoms with Gasteiger partial charge in [-0.05, 0) is 75.0 Å². The van der Waals surface area contributed by atoms with Crippen molar-refractivity contribution in [1.29, 1.82) is 0 Å². The highest BCUT2D eigenvalue weighted by Gasteiger charge is 2.26. The molecule has 2 nitrogen and oxygen atoms in total. The highest BCUT2D eigenvalue weighted by atomic mass is 15.1. The lowest BCUT2D eigenvalue weighted by Crippen LogP contribution is -2.40. The van der Waals surface area contributed by atoms with E-state index in [9.17, 15) is 0 Å². The summed E-state index contributed by atoms with van der Waals surface area (Å²) in [6.45, 7) is 24.3. The molecule has 2 saturated heterocycles. The molecular formula is C21H44N2. The maximum Gasteiger partial charge on any atom is 0.00327 e. The molecule has 2 heteroatoms. The third-order valence-corrected chi connectivity index (χ3v) is 5.35. The largest absolute Gasteiger partial charge is 0.303 e. The van der Waals surface area contributed by atoms with E-state index in [1.54, 1.807) is 0 Å². The van der Waals surface area contributed by atoms with Crippen molar-refractivity contribution in [3.05, 3.63) is 0 Å². The molecule has 2 fully saturated rings. The summed E-state index contributed by atoms with van der Waals surface area (Å²) in [5.41, 5.74) is 1.18. The van der Waals surface area contributed by atoms with Crippen LogP contribution in [0.15, 0.2) is 0 Å². The fraction of sp³-hybridized carbons (Fsp3) is 1.00. The van der Waals surface area contributed by atoms with Gasteiger partial charge >= 0.3 is 0 Å². The molecule has 2 aliphatic rings. The molecule has 2 rings (SSSR count). The van der Waals surface area contributed by atoms with Gasteiger partial charge in [0.2, 0.25) is 0 Å². The van der Waals surface area contributed by atoms with E-state index in [1.165, 1.54) is 71.4 Å². The van der Waals surface area contributed by atoms with Crippen LogP contribution in [-0.2, 0) is 0 Å². The van der Waals surface area contributed by atoms with Gasteiger partial charge in [0.1, 0.15) is 0 Å². The minimum Gasteiger partial charge on any atom is -0.303 e. The minimum atomic E-state index is 0.577. The van der Waals surface area contributed by atoms with Crippen molar-refractivity contribution in [3.8, 4) is 0 Å². The van der Waals surface area contributed by atoms with E-state index >= 15 is 0 Å². The van der Waals surface area contributed by atoms with Gasteiger partial charge in [-0.2, -0.15) is 0 Å². The third kappa shape index (κ3) is 9.10. The topological polar surface area (TPSA) is 6.48 Å². The first kappa shape index (κ1) is 21.0. The summed E-state index contributed by atoms with van der Waals surface area (Å²) < 4.78 is 0. The summed E-state index contributed by atoms with van der Waals surface area (Å²) in [4.78, 5) is 5.21. The average molecular weight is 325 g/mol. The number of rotatable bonds is 4. The molecule has 0 aromatic heterocycles. The molecule has 0 aliphatic carbocycles. The number of nitrogens with zero attached hydrogens (tertiary/aromatic N) is 2. The maximum absolute atomic E-state index is 2.61. The summed E-state index contributed by atoms with van der Waals surface area (Å²) in [5, 5.41) is 0. The molecule has 0 atom stereocenters. The molecule has 138 valence electrons. The van der Waals surface area contributed by atoms with Crippen LogP contribution >= 0.6 is 0 Å². The van der Waals surface area contributed by atoms with Crippen LogP contribution in [0.25, 0.3) is 0 Å². The Labute approximate surface area is 147 Å². The zero-order valence-corrected chi connectivity index (χ0v) is 17.2.